The van der Waals surface area contributed by atoms with Crippen LogP contribution in [0, 0.1) is 12.3 Å². The van der Waals surface area contributed by atoms with Crippen LogP contribution < -0.4 is 9.47 Å². The number of rotatable bonds is 7. The van der Waals surface area contributed by atoms with E-state index in [1.54, 1.807) is 11.6 Å². The number of nitrogens with zero attached hydrogens (tertiary/aromatic N) is 3. The van der Waals surface area contributed by atoms with Gasteiger partial charge in [0.15, 0.2) is 11.0 Å². The third kappa shape index (κ3) is 4.98. The van der Waals surface area contributed by atoms with Gasteiger partial charge in [-0.2, -0.15) is 15.1 Å². The molecule has 2 aromatic rings. The molecule has 0 atom stereocenters. The predicted octanol–water partition coefficient (Wildman–Crippen LogP) is 4.75. The van der Waals surface area contributed by atoms with Crippen LogP contribution in [0.4, 0.5) is 0 Å². The lowest BCUT2D eigenvalue weighted by molar-refractivity contribution is -0.114. The van der Waals surface area contributed by atoms with Crippen LogP contribution >= 0.6 is 23.4 Å². The summed E-state index contributed by atoms with van der Waals surface area (Å²) in [5.41, 5.74) is 3.51. The fourth-order valence-electron chi connectivity index (χ4n) is 2.91. The van der Waals surface area contributed by atoms with E-state index in [1.807, 2.05) is 49.4 Å². The fourth-order valence-corrected chi connectivity index (χ4v) is 3.64. The number of carbonyl (C=O) groups is 1. The van der Waals surface area contributed by atoms with Gasteiger partial charge in [0, 0.05) is 11.4 Å². The fraction of sp³-hybridized carbons (Fsp3) is 0.182. The molecule has 2 aliphatic rings. The summed E-state index contributed by atoms with van der Waals surface area (Å²) in [5.74, 6) is 1.09. The van der Waals surface area contributed by atoms with Gasteiger partial charge < -0.3 is 9.47 Å². The lowest BCUT2D eigenvalue weighted by atomic mass is 10.1. The number of thioether (sulfide) groups is 1. The molecule has 0 bridgehead atoms. The number of hydrogen-bond donors (Lipinski definition) is 1. The van der Waals surface area contributed by atoms with Gasteiger partial charge in [0.25, 0.3) is 5.91 Å². The Morgan fingerprint density at radius 3 is 2.58 bits per heavy atom. The van der Waals surface area contributed by atoms with E-state index >= 15 is 0 Å². The minimum absolute atomic E-state index is 0.0208. The Morgan fingerprint density at radius 2 is 1.84 bits per heavy atom. The maximum atomic E-state index is 12.2. The molecular weight excluding hydrogens is 436 g/mol. The Hall–Kier alpha value is -3.10. The van der Waals surface area contributed by atoms with E-state index in [9.17, 15) is 4.79 Å². The summed E-state index contributed by atoms with van der Waals surface area (Å²) >= 11 is 7.23. The number of ether oxygens (including phenoxy) is 2. The van der Waals surface area contributed by atoms with Crippen LogP contribution in [0.3, 0.4) is 0 Å². The molecule has 2 heterocycles. The summed E-state index contributed by atoms with van der Waals surface area (Å²) in [6.07, 6.45) is 2.36. The first-order valence-corrected chi connectivity index (χ1v) is 10.8. The standard InChI is InChI=1S/C22H19ClN4O3S/c1-14-11-17(7-8-19(14)23)30-10-2-9-29-16-5-3-15(4-6-16)12-18-20(24)27-22(26-21(18)28)31-13-25-27/h3-8,11-13,24H,2,9-10H2,1H3. The highest BCUT2D eigenvalue weighted by molar-refractivity contribution is 8.25. The number of benzene rings is 2. The molecule has 4 rings (SSSR count). The number of carbonyl (C=O) groups excluding carboxylic acids is 1. The van der Waals surface area contributed by atoms with Gasteiger partial charge in [0.1, 0.15) is 11.5 Å². The molecule has 31 heavy (non-hydrogen) atoms. The highest BCUT2D eigenvalue weighted by Crippen LogP contribution is 2.25. The smallest absolute Gasteiger partial charge is 0.283 e. The largest absolute Gasteiger partial charge is 0.493 e. The van der Waals surface area contributed by atoms with E-state index in [0.29, 0.717) is 18.4 Å². The van der Waals surface area contributed by atoms with Crippen LogP contribution in [0.15, 0.2) is 58.1 Å². The van der Waals surface area contributed by atoms with E-state index in [4.69, 9.17) is 26.5 Å². The van der Waals surface area contributed by atoms with Crippen molar-refractivity contribution in [3.8, 4) is 11.5 Å². The summed E-state index contributed by atoms with van der Waals surface area (Å²) in [7, 11) is 0. The molecule has 1 N–H and O–H groups in total. The minimum Gasteiger partial charge on any atom is -0.493 e. The zero-order valence-corrected chi connectivity index (χ0v) is 18.2. The summed E-state index contributed by atoms with van der Waals surface area (Å²) < 4.78 is 11.5. The number of aryl methyl sites for hydroxylation is 1. The van der Waals surface area contributed by atoms with E-state index in [2.05, 4.69) is 10.1 Å². The van der Waals surface area contributed by atoms with Crippen LogP contribution in [0.5, 0.6) is 11.5 Å². The van der Waals surface area contributed by atoms with Crippen molar-refractivity contribution in [2.45, 2.75) is 13.3 Å². The van der Waals surface area contributed by atoms with Gasteiger partial charge >= 0.3 is 0 Å². The molecule has 2 aromatic carbocycles. The molecule has 9 heteroatoms. The second-order valence-corrected chi connectivity index (χ2v) is 8.01. The van der Waals surface area contributed by atoms with Crippen molar-refractivity contribution in [3.63, 3.8) is 0 Å². The Bertz CT molecular complexity index is 1110. The summed E-state index contributed by atoms with van der Waals surface area (Å²) in [4.78, 5) is 16.2. The van der Waals surface area contributed by atoms with Crippen molar-refractivity contribution >= 4 is 51.9 Å². The molecule has 0 aliphatic carbocycles. The van der Waals surface area contributed by atoms with Gasteiger partial charge in [-0.15, -0.1) is 0 Å². The number of hydrogen-bond acceptors (Lipinski definition) is 6. The van der Waals surface area contributed by atoms with Gasteiger partial charge in [0.05, 0.1) is 24.3 Å². The van der Waals surface area contributed by atoms with Crippen LogP contribution in [0.1, 0.15) is 17.5 Å². The van der Waals surface area contributed by atoms with Crippen molar-refractivity contribution in [1.82, 2.24) is 5.01 Å². The molecular formula is C22H19ClN4O3S. The second kappa shape index (κ2) is 9.36. The van der Waals surface area contributed by atoms with Crippen molar-refractivity contribution in [2.75, 3.05) is 13.2 Å². The normalized spacial score (nSPS) is 16.5. The zero-order valence-electron chi connectivity index (χ0n) is 16.7. The number of halogens is 1. The number of fused-ring (bicyclic) bond motifs is 1. The Kier molecular flexibility index (Phi) is 6.39. The quantitative estimate of drug-likeness (QED) is 0.482. The molecule has 0 spiro atoms. The van der Waals surface area contributed by atoms with Crippen molar-refractivity contribution in [1.29, 1.82) is 5.41 Å². The molecule has 0 fully saturated rings. The topological polar surface area (TPSA) is 87.3 Å². The number of nitrogens with one attached hydrogen (secondary N) is 1. The van der Waals surface area contributed by atoms with Crippen LogP contribution in [0.25, 0.3) is 6.08 Å². The lowest BCUT2D eigenvalue weighted by Gasteiger charge is -2.20. The maximum Gasteiger partial charge on any atom is 0.283 e. The van der Waals surface area contributed by atoms with E-state index in [0.717, 1.165) is 34.1 Å². The average molecular weight is 455 g/mol. The van der Waals surface area contributed by atoms with E-state index < -0.39 is 5.91 Å². The summed E-state index contributed by atoms with van der Waals surface area (Å²) in [6, 6.07) is 12.9. The summed E-state index contributed by atoms with van der Waals surface area (Å²) in [5, 5.41) is 14.7. The zero-order chi connectivity index (χ0) is 21.8. The Morgan fingerprint density at radius 1 is 1.13 bits per heavy atom. The van der Waals surface area contributed by atoms with Gasteiger partial charge in [-0.3, -0.25) is 10.2 Å². The van der Waals surface area contributed by atoms with Gasteiger partial charge in [0.2, 0.25) is 0 Å². The molecule has 0 radical (unpaired) electrons. The van der Waals surface area contributed by atoms with E-state index in [1.165, 1.54) is 16.8 Å². The van der Waals surface area contributed by atoms with Crippen molar-refractivity contribution < 1.29 is 14.3 Å². The second-order valence-electron chi connectivity index (χ2n) is 6.79. The Balaban J connectivity index is 1.28. The molecule has 0 aromatic heterocycles. The first-order valence-electron chi connectivity index (χ1n) is 9.56. The first kappa shape index (κ1) is 21.1. The molecule has 158 valence electrons. The third-order valence-electron chi connectivity index (χ3n) is 4.54. The molecule has 0 unspecified atom stereocenters. The SMILES string of the molecule is Cc1cc(OCCCOc2ccc(C=C3C(=N)N4N=CSC4=NC3=O)cc2)ccc1Cl. The molecule has 2 aliphatic heterocycles. The molecule has 0 saturated carbocycles. The summed E-state index contributed by atoms with van der Waals surface area (Å²) in [6.45, 7) is 2.99. The van der Waals surface area contributed by atoms with E-state index in [-0.39, 0.29) is 11.4 Å². The number of hydrazone groups is 1. The van der Waals surface area contributed by atoms with Gasteiger partial charge in [-0.1, -0.05) is 23.7 Å². The van der Waals surface area contributed by atoms with Crippen LogP contribution in [-0.4, -0.2) is 40.7 Å². The van der Waals surface area contributed by atoms with Gasteiger partial charge in [-0.25, -0.2) is 0 Å². The molecule has 7 nitrogen and oxygen atoms in total. The Labute approximate surface area is 188 Å². The number of amides is 1. The molecule has 1 amide bonds. The number of amidine groups is 2. The average Bonchev–Trinajstić information content (AvgIpc) is 3.23. The van der Waals surface area contributed by atoms with Gasteiger partial charge in [-0.05, 0) is 66.2 Å². The maximum absolute atomic E-state index is 12.2. The monoisotopic (exact) mass is 454 g/mol. The highest BCUT2D eigenvalue weighted by Gasteiger charge is 2.32. The van der Waals surface area contributed by atoms with Crippen LogP contribution in [-0.2, 0) is 4.79 Å². The van der Waals surface area contributed by atoms with Crippen LogP contribution in [0.2, 0.25) is 5.02 Å². The molecule has 0 saturated heterocycles. The number of aliphatic imine (C=N–C) groups is 1. The highest BCUT2D eigenvalue weighted by atomic mass is 35.5. The first-order chi connectivity index (χ1) is 15.0. The van der Waals surface area contributed by atoms with Crippen molar-refractivity contribution in [3.05, 3.63) is 64.2 Å². The third-order valence-corrected chi connectivity index (χ3v) is 5.64. The minimum atomic E-state index is -0.439. The predicted molar refractivity (Wildman–Crippen MR) is 124 cm³/mol. The lowest BCUT2D eigenvalue weighted by Crippen LogP contribution is -2.35. The van der Waals surface area contributed by atoms with Crippen molar-refractivity contribution in [2.24, 2.45) is 10.1 Å².